The van der Waals surface area contributed by atoms with E-state index in [1.807, 2.05) is 25.1 Å². The molecule has 88 valence electrons. The molecule has 5 nitrogen and oxygen atoms in total. The van der Waals surface area contributed by atoms with Crippen molar-refractivity contribution in [2.45, 2.75) is 13.5 Å². The van der Waals surface area contributed by atoms with Crippen LogP contribution >= 0.6 is 11.6 Å². The van der Waals surface area contributed by atoms with Gasteiger partial charge in [0.05, 0.1) is 18.4 Å². The Kier molecular flexibility index (Phi) is 3.39. The Bertz CT molecular complexity index is 529. The van der Waals surface area contributed by atoms with E-state index in [1.165, 1.54) is 6.20 Å². The molecule has 0 aliphatic rings. The second-order valence-electron chi connectivity index (χ2n) is 3.55. The van der Waals surface area contributed by atoms with Gasteiger partial charge < -0.3 is 11.1 Å². The van der Waals surface area contributed by atoms with Crippen LogP contribution in [0.3, 0.4) is 0 Å². The van der Waals surface area contributed by atoms with E-state index in [4.69, 9.17) is 17.3 Å². The molecule has 2 aromatic rings. The zero-order valence-corrected chi connectivity index (χ0v) is 10.1. The SMILES string of the molecule is Cc1cccc(CNc2nc(N)ncc2Cl)n1. The molecule has 0 radical (unpaired) electrons. The number of nitrogens with one attached hydrogen (secondary N) is 1. The average molecular weight is 250 g/mol. The van der Waals surface area contributed by atoms with Gasteiger partial charge in [-0.1, -0.05) is 17.7 Å². The van der Waals surface area contributed by atoms with Crippen molar-refractivity contribution >= 4 is 23.4 Å². The summed E-state index contributed by atoms with van der Waals surface area (Å²) in [5.41, 5.74) is 7.37. The van der Waals surface area contributed by atoms with E-state index in [0.29, 0.717) is 17.4 Å². The number of halogens is 1. The number of hydrogen-bond acceptors (Lipinski definition) is 5. The molecular formula is C11H12ClN5. The van der Waals surface area contributed by atoms with Gasteiger partial charge in [0.15, 0.2) is 5.82 Å². The molecule has 0 fully saturated rings. The van der Waals surface area contributed by atoms with Crippen LogP contribution in [0.5, 0.6) is 0 Å². The quantitative estimate of drug-likeness (QED) is 0.870. The largest absolute Gasteiger partial charge is 0.368 e. The van der Waals surface area contributed by atoms with Crippen LogP contribution in [0.1, 0.15) is 11.4 Å². The van der Waals surface area contributed by atoms with Crippen LogP contribution < -0.4 is 11.1 Å². The zero-order chi connectivity index (χ0) is 12.3. The van der Waals surface area contributed by atoms with Gasteiger partial charge in [0, 0.05) is 5.69 Å². The number of rotatable bonds is 3. The molecule has 3 N–H and O–H groups in total. The van der Waals surface area contributed by atoms with Crippen LogP contribution in [0.2, 0.25) is 5.02 Å². The summed E-state index contributed by atoms with van der Waals surface area (Å²) in [6.07, 6.45) is 1.47. The topological polar surface area (TPSA) is 76.7 Å². The van der Waals surface area contributed by atoms with Crippen LogP contribution in [0.25, 0.3) is 0 Å². The summed E-state index contributed by atoms with van der Waals surface area (Å²) in [6, 6.07) is 5.83. The van der Waals surface area contributed by atoms with Crippen molar-refractivity contribution in [1.29, 1.82) is 0 Å². The summed E-state index contributed by atoms with van der Waals surface area (Å²) in [5.74, 6) is 0.705. The third kappa shape index (κ3) is 3.04. The Morgan fingerprint density at radius 2 is 2.18 bits per heavy atom. The summed E-state index contributed by atoms with van der Waals surface area (Å²) in [7, 11) is 0. The minimum Gasteiger partial charge on any atom is -0.368 e. The number of nitrogens with zero attached hydrogens (tertiary/aromatic N) is 3. The molecule has 0 saturated heterocycles. The molecule has 0 amide bonds. The van der Waals surface area contributed by atoms with Crippen LogP contribution in [-0.4, -0.2) is 15.0 Å². The molecule has 0 unspecified atom stereocenters. The predicted octanol–water partition coefficient (Wildman–Crippen LogP) is 2.03. The highest BCUT2D eigenvalue weighted by Crippen LogP contribution is 2.18. The van der Waals surface area contributed by atoms with Crippen LogP contribution in [0, 0.1) is 6.92 Å². The van der Waals surface area contributed by atoms with Gasteiger partial charge in [-0.25, -0.2) is 4.98 Å². The van der Waals surface area contributed by atoms with Gasteiger partial charge in [-0.3, -0.25) is 4.98 Å². The van der Waals surface area contributed by atoms with E-state index < -0.39 is 0 Å². The number of anilines is 2. The number of nitrogen functional groups attached to an aromatic ring is 1. The normalized spacial score (nSPS) is 10.2. The number of nitrogens with two attached hydrogens (primary N) is 1. The Hall–Kier alpha value is -1.88. The lowest BCUT2D eigenvalue weighted by molar-refractivity contribution is 1.000. The van der Waals surface area contributed by atoms with Crippen LogP contribution in [0.15, 0.2) is 24.4 Å². The molecule has 0 aliphatic carbocycles. The summed E-state index contributed by atoms with van der Waals surface area (Å²) in [4.78, 5) is 12.2. The zero-order valence-electron chi connectivity index (χ0n) is 9.31. The number of pyridine rings is 1. The minimum atomic E-state index is 0.189. The summed E-state index contributed by atoms with van der Waals surface area (Å²) >= 11 is 5.93. The molecule has 2 aromatic heterocycles. The highest BCUT2D eigenvalue weighted by atomic mass is 35.5. The Labute approximate surface area is 104 Å². The summed E-state index contributed by atoms with van der Waals surface area (Å²) < 4.78 is 0. The van der Waals surface area contributed by atoms with Gasteiger partial charge in [0.1, 0.15) is 5.02 Å². The molecular weight excluding hydrogens is 238 g/mol. The summed E-state index contributed by atoms with van der Waals surface area (Å²) in [6.45, 7) is 2.48. The monoisotopic (exact) mass is 249 g/mol. The van der Waals surface area contributed by atoms with Crippen LogP contribution in [-0.2, 0) is 6.54 Å². The lowest BCUT2D eigenvalue weighted by Crippen LogP contribution is -2.06. The molecule has 17 heavy (non-hydrogen) atoms. The highest BCUT2D eigenvalue weighted by molar-refractivity contribution is 6.32. The van der Waals surface area contributed by atoms with E-state index in [0.717, 1.165) is 11.4 Å². The van der Waals surface area contributed by atoms with E-state index in [2.05, 4.69) is 20.3 Å². The lowest BCUT2D eigenvalue weighted by atomic mass is 10.3. The molecule has 2 heterocycles. The van der Waals surface area contributed by atoms with Gasteiger partial charge in [0.25, 0.3) is 0 Å². The van der Waals surface area contributed by atoms with Gasteiger partial charge in [-0.15, -0.1) is 0 Å². The van der Waals surface area contributed by atoms with Gasteiger partial charge in [0.2, 0.25) is 5.95 Å². The van der Waals surface area contributed by atoms with E-state index in [9.17, 15) is 0 Å². The van der Waals surface area contributed by atoms with E-state index >= 15 is 0 Å². The Morgan fingerprint density at radius 3 is 2.94 bits per heavy atom. The van der Waals surface area contributed by atoms with E-state index in [1.54, 1.807) is 0 Å². The van der Waals surface area contributed by atoms with Gasteiger partial charge in [-0.2, -0.15) is 4.98 Å². The first-order valence-corrected chi connectivity index (χ1v) is 5.47. The van der Waals surface area contributed by atoms with Crippen molar-refractivity contribution in [3.63, 3.8) is 0 Å². The average Bonchev–Trinajstić information content (AvgIpc) is 2.30. The molecule has 0 spiro atoms. The Morgan fingerprint density at radius 1 is 1.35 bits per heavy atom. The van der Waals surface area contributed by atoms with E-state index in [-0.39, 0.29) is 5.95 Å². The minimum absolute atomic E-state index is 0.189. The third-order valence-corrected chi connectivity index (χ3v) is 2.42. The van der Waals surface area contributed by atoms with Crippen molar-refractivity contribution in [3.05, 3.63) is 40.8 Å². The predicted molar refractivity (Wildman–Crippen MR) is 67.8 cm³/mol. The van der Waals surface area contributed by atoms with Crippen molar-refractivity contribution in [2.75, 3.05) is 11.1 Å². The molecule has 0 bridgehead atoms. The van der Waals surface area contributed by atoms with Crippen molar-refractivity contribution in [3.8, 4) is 0 Å². The van der Waals surface area contributed by atoms with Gasteiger partial charge in [-0.05, 0) is 19.1 Å². The second-order valence-corrected chi connectivity index (χ2v) is 3.96. The highest BCUT2D eigenvalue weighted by Gasteiger charge is 2.03. The molecule has 0 aromatic carbocycles. The van der Waals surface area contributed by atoms with Gasteiger partial charge >= 0.3 is 0 Å². The first-order valence-electron chi connectivity index (χ1n) is 5.09. The van der Waals surface area contributed by atoms with Crippen molar-refractivity contribution in [1.82, 2.24) is 15.0 Å². The van der Waals surface area contributed by atoms with Crippen molar-refractivity contribution < 1.29 is 0 Å². The molecule has 6 heteroatoms. The second kappa shape index (κ2) is 4.97. The molecule has 0 atom stereocenters. The fourth-order valence-corrected chi connectivity index (χ4v) is 1.53. The standard InChI is InChI=1S/C11H12ClN5/c1-7-3-2-4-8(16-7)5-14-10-9(12)6-15-11(13)17-10/h2-4,6H,5H2,1H3,(H3,13,14,15,17). The smallest absolute Gasteiger partial charge is 0.222 e. The molecule has 0 saturated carbocycles. The lowest BCUT2D eigenvalue weighted by Gasteiger charge is -2.07. The maximum Gasteiger partial charge on any atom is 0.222 e. The summed E-state index contributed by atoms with van der Waals surface area (Å²) in [5, 5.41) is 3.51. The third-order valence-electron chi connectivity index (χ3n) is 2.15. The fourth-order valence-electron chi connectivity index (χ4n) is 1.38. The number of aromatic nitrogens is 3. The number of aryl methyl sites for hydroxylation is 1. The van der Waals surface area contributed by atoms with Crippen molar-refractivity contribution in [2.24, 2.45) is 0 Å². The maximum atomic E-state index is 5.93. The maximum absolute atomic E-state index is 5.93. The fraction of sp³-hybridized carbons (Fsp3) is 0.182. The molecule has 2 rings (SSSR count). The van der Waals surface area contributed by atoms with Crippen LogP contribution in [0.4, 0.5) is 11.8 Å². The molecule has 0 aliphatic heterocycles. The Balaban J connectivity index is 2.09. The first-order chi connectivity index (χ1) is 8.15. The number of hydrogen-bond donors (Lipinski definition) is 2. The first kappa shape index (κ1) is 11.6.